The van der Waals surface area contributed by atoms with E-state index in [1.165, 1.54) is 0 Å². The number of carbonyl (C=O) groups is 1. The van der Waals surface area contributed by atoms with Gasteiger partial charge in [0.05, 0.1) is 0 Å². The minimum atomic E-state index is 0.145. The van der Waals surface area contributed by atoms with Gasteiger partial charge in [-0.2, -0.15) is 0 Å². The first kappa shape index (κ1) is 12.3. The topological polar surface area (TPSA) is 35.6 Å². The Hall–Kier alpha value is -0.770. The lowest BCUT2D eigenvalue weighted by molar-refractivity contribution is 0.101. The number of likely N-dealkylation sites (tertiary alicyclic amines) is 1. The van der Waals surface area contributed by atoms with Crippen molar-refractivity contribution < 1.29 is 4.79 Å². The molecule has 1 fully saturated rings. The van der Waals surface area contributed by atoms with Gasteiger partial charge in [-0.25, -0.2) is 4.79 Å². The summed E-state index contributed by atoms with van der Waals surface area (Å²) < 4.78 is 0. The quantitative estimate of drug-likeness (QED) is 0.763. The fraction of sp³-hybridized carbons (Fsp3) is 0.909. The highest BCUT2D eigenvalue weighted by molar-refractivity contribution is 5.75. The Morgan fingerprint density at radius 1 is 1.33 bits per heavy atom. The van der Waals surface area contributed by atoms with Gasteiger partial charge in [0.2, 0.25) is 0 Å². The highest BCUT2D eigenvalue weighted by Crippen LogP contribution is 2.12. The Labute approximate surface area is 92.6 Å². The van der Waals surface area contributed by atoms with Gasteiger partial charge in [0.25, 0.3) is 0 Å². The van der Waals surface area contributed by atoms with Crippen molar-refractivity contribution in [2.45, 2.75) is 45.8 Å². The summed E-state index contributed by atoms with van der Waals surface area (Å²) in [5, 5.41) is 3.42. The zero-order valence-electron chi connectivity index (χ0n) is 10.4. The normalized spacial score (nSPS) is 17.1. The molecule has 0 aromatic rings. The molecule has 0 spiro atoms. The van der Waals surface area contributed by atoms with Crippen LogP contribution >= 0.6 is 0 Å². The largest absolute Gasteiger partial charge is 0.325 e. The van der Waals surface area contributed by atoms with Crippen LogP contribution in [0.25, 0.3) is 0 Å². The first-order valence-electron chi connectivity index (χ1n) is 5.69. The molecule has 15 heavy (non-hydrogen) atoms. The van der Waals surface area contributed by atoms with Crippen molar-refractivity contribution in [1.29, 1.82) is 0 Å². The van der Waals surface area contributed by atoms with Crippen molar-refractivity contribution in [3.8, 4) is 0 Å². The molecule has 4 nitrogen and oxygen atoms in total. The molecule has 2 amide bonds. The number of carbonyl (C=O) groups excluding carboxylic acids is 1. The first-order valence-corrected chi connectivity index (χ1v) is 5.69. The number of hydrogen-bond acceptors (Lipinski definition) is 2. The van der Waals surface area contributed by atoms with Crippen molar-refractivity contribution in [1.82, 2.24) is 15.1 Å². The van der Waals surface area contributed by atoms with Gasteiger partial charge in [-0.3, -0.25) is 0 Å². The molecule has 1 rings (SSSR count). The smallest absolute Gasteiger partial charge is 0.320 e. The summed E-state index contributed by atoms with van der Waals surface area (Å²) in [5.41, 5.74) is 0. The van der Waals surface area contributed by atoms with E-state index in [2.05, 4.69) is 19.2 Å². The van der Waals surface area contributed by atoms with Crippen LogP contribution in [0.15, 0.2) is 0 Å². The van der Waals surface area contributed by atoms with Crippen molar-refractivity contribution in [2.24, 2.45) is 0 Å². The molecule has 1 aliphatic rings. The molecule has 0 unspecified atom stereocenters. The fourth-order valence-corrected chi connectivity index (χ4v) is 1.66. The molecule has 0 aromatic carbocycles. The van der Waals surface area contributed by atoms with Crippen molar-refractivity contribution in [3.63, 3.8) is 0 Å². The third kappa shape index (κ3) is 3.09. The van der Waals surface area contributed by atoms with Crippen LogP contribution in [0.5, 0.6) is 0 Å². The van der Waals surface area contributed by atoms with Gasteiger partial charge in [0, 0.05) is 38.3 Å². The standard InChI is InChI=1S/C11H23N3O/c1-8(2)12-10-6-14(7-10)11(15)13(5)9(3)4/h8-10,12H,6-7H2,1-5H3. The van der Waals surface area contributed by atoms with E-state index < -0.39 is 0 Å². The number of hydrogen-bond donors (Lipinski definition) is 1. The third-order valence-electron chi connectivity index (χ3n) is 2.80. The van der Waals surface area contributed by atoms with Crippen molar-refractivity contribution in [3.05, 3.63) is 0 Å². The Morgan fingerprint density at radius 3 is 2.27 bits per heavy atom. The molecule has 0 aliphatic carbocycles. The minimum absolute atomic E-state index is 0.145. The predicted molar refractivity (Wildman–Crippen MR) is 61.9 cm³/mol. The van der Waals surface area contributed by atoms with Gasteiger partial charge < -0.3 is 15.1 Å². The second-order valence-corrected chi connectivity index (χ2v) is 4.91. The van der Waals surface area contributed by atoms with Crippen LogP contribution in [0, 0.1) is 0 Å². The number of urea groups is 1. The number of amides is 2. The van der Waals surface area contributed by atoms with Gasteiger partial charge in [-0.05, 0) is 13.8 Å². The lowest BCUT2D eigenvalue weighted by Crippen LogP contribution is -2.63. The summed E-state index contributed by atoms with van der Waals surface area (Å²) in [5.74, 6) is 0. The second-order valence-electron chi connectivity index (χ2n) is 4.91. The molecule has 0 atom stereocenters. The Morgan fingerprint density at radius 2 is 1.87 bits per heavy atom. The second kappa shape index (κ2) is 4.84. The highest BCUT2D eigenvalue weighted by atomic mass is 16.2. The summed E-state index contributed by atoms with van der Waals surface area (Å²) in [4.78, 5) is 15.5. The monoisotopic (exact) mass is 213 g/mol. The number of nitrogens with zero attached hydrogens (tertiary/aromatic N) is 2. The average molecular weight is 213 g/mol. The van der Waals surface area contributed by atoms with Gasteiger partial charge >= 0.3 is 6.03 Å². The van der Waals surface area contributed by atoms with Crippen molar-refractivity contribution in [2.75, 3.05) is 20.1 Å². The zero-order valence-corrected chi connectivity index (χ0v) is 10.4. The Balaban J connectivity index is 2.29. The molecule has 0 bridgehead atoms. The summed E-state index contributed by atoms with van der Waals surface area (Å²) in [7, 11) is 1.86. The van der Waals surface area contributed by atoms with E-state index in [-0.39, 0.29) is 12.1 Å². The molecule has 1 N–H and O–H groups in total. The summed E-state index contributed by atoms with van der Waals surface area (Å²) in [6.07, 6.45) is 0. The summed E-state index contributed by atoms with van der Waals surface area (Å²) >= 11 is 0. The molecule has 0 radical (unpaired) electrons. The maximum absolute atomic E-state index is 11.8. The lowest BCUT2D eigenvalue weighted by Gasteiger charge is -2.43. The van der Waals surface area contributed by atoms with E-state index in [1.807, 2.05) is 25.8 Å². The van der Waals surface area contributed by atoms with Gasteiger partial charge in [-0.15, -0.1) is 0 Å². The van der Waals surface area contributed by atoms with Crippen LogP contribution < -0.4 is 5.32 Å². The van der Waals surface area contributed by atoms with E-state index in [9.17, 15) is 4.79 Å². The summed E-state index contributed by atoms with van der Waals surface area (Å²) in [6.45, 7) is 10.0. The number of nitrogens with one attached hydrogen (secondary N) is 1. The summed E-state index contributed by atoms with van der Waals surface area (Å²) in [6, 6.07) is 1.39. The molecule has 1 aliphatic heterocycles. The molecule has 0 aromatic heterocycles. The lowest BCUT2D eigenvalue weighted by atomic mass is 10.1. The maximum atomic E-state index is 11.8. The van der Waals surface area contributed by atoms with Crippen LogP contribution in [0.4, 0.5) is 4.79 Å². The van der Waals surface area contributed by atoms with Crippen molar-refractivity contribution >= 4 is 6.03 Å². The first-order chi connectivity index (χ1) is 6.91. The van der Waals surface area contributed by atoms with Crippen LogP contribution in [-0.2, 0) is 0 Å². The van der Waals surface area contributed by atoms with Crippen LogP contribution in [0.2, 0.25) is 0 Å². The van der Waals surface area contributed by atoms with E-state index in [0.29, 0.717) is 12.1 Å². The van der Waals surface area contributed by atoms with Crippen LogP contribution in [0.1, 0.15) is 27.7 Å². The SMILES string of the molecule is CC(C)NC1CN(C(=O)N(C)C(C)C)C1. The van der Waals surface area contributed by atoms with Crippen LogP contribution in [-0.4, -0.2) is 54.1 Å². The highest BCUT2D eigenvalue weighted by Gasteiger charge is 2.32. The average Bonchev–Trinajstić information content (AvgIpc) is 2.07. The van der Waals surface area contributed by atoms with Gasteiger partial charge in [0.1, 0.15) is 0 Å². The fourth-order valence-electron chi connectivity index (χ4n) is 1.66. The minimum Gasteiger partial charge on any atom is -0.325 e. The molecular weight excluding hydrogens is 190 g/mol. The van der Waals surface area contributed by atoms with E-state index in [1.54, 1.807) is 4.90 Å². The molecule has 1 saturated heterocycles. The molecular formula is C11H23N3O. The van der Waals surface area contributed by atoms with E-state index in [4.69, 9.17) is 0 Å². The van der Waals surface area contributed by atoms with Gasteiger partial charge in [-0.1, -0.05) is 13.8 Å². The maximum Gasteiger partial charge on any atom is 0.320 e. The van der Waals surface area contributed by atoms with Gasteiger partial charge in [0.15, 0.2) is 0 Å². The Bertz CT molecular complexity index is 222. The molecule has 0 saturated carbocycles. The van der Waals surface area contributed by atoms with Crippen LogP contribution in [0.3, 0.4) is 0 Å². The van der Waals surface area contributed by atoms with E-state index >= 15 is 0 Å². The zero-order chi connectivity index (χ0) is 11.6. The van der Waals surface area contributed by atoms with E-state index in [0.717, 1.165) is 13.1 Å². The number of rotatable bonds is 3. The molecule has 88 valence electrons. The predicted octanol–water partition coefficient (Wildman–Crippen LogP) is 1.13. The Kier molecular flexibility index (Phi) is 3.97. The molecule has 4 heteroatoms. The molecule has 1 heterocycles. The third-order valence-corrected chi connectivity index (χ3v) is 2.80.